The number of hydrogen-bond acceptors (Lipinski definition) is 4. The molecule has 5 nitrogen and oxygen atoms in total. The minimum absolute atomic E-state index is 0.168. The zero-order valence-corrected chi connectivity index (χ0v) is 11.5. The summed E-state index contributed by atoms with van der Waals surface area (Å²) in [6.45, 7) is 6.43. The van der Waals surface area contributed by atoms with E-state index in [-0.39, 0.29) is 18.4 Å². The third-order valence-electron chi connectivity index (χ3n) is 2.95. The molecule has 102 valence electrons. The molecule has 1 heterocycles. The highest BCUT2D eigenvalue weighted by atomic mass is 16.5. The number of hydrogen-bond donors (Lipinski definition) is 1. The van der Waals surface area contributed by atoms with Gasteiger partial charge in [0.1, 0.15) is 17.9 Å². The molecule has 1 aromatic heterocycles. The summed E-state index contributed by atoms with van der Waals surface area (Å²) in [4.78, 5) is 16.3. The Kier molecular flexibility index (Phi) is 3.74. The Morgan fingerprint density at radius 3 is 2.84 bits per heavy atom. The van der Waals surface area contributed by atoms with E-state index in [4.69, 9.17) is 10.5 Å². The average Bonchev–Trinajstić information content (AvgIpc) is 2.70. The number of carbonyl (C=O) groups excluding carboxylic acids is 1. The number of nitrogens with zero attached hydrogens (tertiary/aromatic N) is 2. The molecule has 1 aromatic carbocycles. The highest BCUT2D eigenvalue weighted by molar-refractivity contribution is 5.88. The Morgan fingerprint density at radius 1 is 1.47 bits per heavy atom. The standard InChI is InChI=1S/C14H19N3O2/c1-4-19-12(18)8-17-11-7-5-6-10(15)13(11)16-14(17)9(2)3/h5-7,9H,4,8,15H2,1-3H3. The van der Waals surface area contributed by atoms with Crippen molar-refractivity contribution >= 4 is 22.7 Å². The lowest BCUT2D eigenvalue weighted by molar-refractivity contribution is -0.143. The zero-order chi connectivity index (χ0) is 14.0. The van der Waals surface area contributed by atoms with Gasteiger partial charge in [0.15, 0.2) is 0 Å². The number of fused-ring (bicyclic) bond motifs is 1. The lowest BCUT2D eigenvalue weighted by Crippen LogP contribution is -2.16. The van der Waals surface area contributed by atoms with E-state index in [9.17, 15) is 4.79 Å². The first-order chi connectivity index (χ1) is 9.04. The van der Waals surface area contributed by atoms with Crippen molar-refractivity contribution in [2.24, 2.45) is 0 Å². The van der Waals surface area contributed by atoms with Crippen LogP contribution >= 0.6 is 0 Å². The number of ether oxygens (including phenoxy) is 1. The molecule has 0 atom stereocenters. The second kappa shape index (κ2) is 5.30. The molecule has 2 rings (SSSR count). The van der Waals surface area contributed by atoms with Gasteiger partial charge in [0, 0.05) is 5.92 Å². The van der Waals surface area contributed by atoms with Crippen LogP contribution in [0, 0.1) is 0 Å². The molecule has 0 aliphatic carbocycles. The molecule has 2 N–H and O–H groups in total. The SMILES string of the molecule is CCOC(=O)Cn1c(C(C)C)nc2c(N)cccc21. The molecular formula is C14H19N3O2. The van der Waals surface area contributed by atoms with E-state index in [0.717, 1.165) is 16.9 Å². The lowest BCUT2D eigenvalue weighted by atomic mass is 10.2. The number of para-hydroxylation sites is 1. The van der Waals surface area contributed by atoms with Crippen LogP contribution in [0.3, 0.4) is 0 Å². The minimum atomic E-state index is -0.258. The van der Waals surface area contributed by atoms with Crippen LogP contribution < -0.4 is 5.73 Å². The van der Waals surface area contributed by atoms with E-state index >= 15 is 0 Å². The second-order valence-corrected chi connectivity index (χ2v) is 4.73. The van der Waals surface area contributed by atoms with Crippen molar-refractivity contribution in [2.45, 2.75) is 33.2 Å². The number of anilines is 1. The third-order valence-corrected chi connectivity index (χ3v) is 2.95. The number of rotatable bonds is 4. The summed E-state index contributed by atoms with van der Waals surface area (Å²) in [7, 11) is 0. The Bertz CT molecular complexity index is 602. The first kappa shape index (κ1) is 13.4. The number of carbonyl (C=O) groups is 1. The van der Waals surface area contributed by atoms with E-state index in [1.54, 1.807) is 6.92 Å². The number of aromatic nitrogens is 2. The number of nitrogens with two attached hydrogens (primary N) is 1. The van der Waals surface area contributed by atoms with Crippen LogP contribution in [0.1, 0.15) is 32.5 Å². The van der Waals surface area contributed by atoms with Crippen molar-refractivity contribution in [1.82, 2.24) is 9.55 Å². The van der Waals surface area contributed by atoms with Crippen LogP contribution in [-0.4, -0.2) is 22.1 Å². The lowest BCUT2D eigenvalue weighted by Gasteiger charge is -2.10. The number of benzene rings is 1. The van der Waals surface area contributed by atoms with Crippen molar-refractivity contribution in [3.05, 3.63) is 24.0 Å². The van der Waals surface area contributed by atoms with Crippen LogP contribution in [0.15, 0.2) is 18.2 Å². The van der Waals surface area contributed by atoms with Crippen LogP contribution in [0.25, 0.3) is 11.0 Å². The molecule has 0 amide bonds. The minimum Gasteiger partial charge on any atom is -0.465 e. The molecule has 0 aliphatic rings. The topological polar surface area (TPSA) is 70.1 Å². The molecule has 0 aliphatic heterocycles. The fraction of sp³-hybridized carbons (Fsp3) is 0.429. The van der Waals surface area contributed by atoms with Gasteiger partial charge in [0.2, 0.25) is 0 Å². The fourth-order valence-electron chi connectivity index (χ4n) is 2.13. The molecule has 2 aromatic rings. The predicted octanol–water partition coefficient (Wildman–Crippen LogP) is 2.31. The predicted molar refractivity (Wildman–Crippen MR) is 74.9 cm³/mol. The maximum absolute atomic E-state index is 11.7. The van der Waals surface area contributed by atoms with Crippen LogP contribution in [-0.2, 0) is 16.1 Å². The van der Waals surface area contributed by atoms with Gasteiger partial charge in [-0.3, -0.25) is 4.79 Å². The van der Waals surface area contributed by atoms with E-state index in [1.807, 2.05) is 36.6 Å². The Balaban J connectivity index is 2.52. The summed E-state index contributed by atoms with van der Waals surface area (Å²) in [6.07, 6.45) is 0. The number of imidazole rings is 1. The summed E-state index contributed by atoms with van der Waals surface area (Å²) < 4.78 is 6.89. The van der Waals surface area contributed by atoms with Crippen LogP contribution in [0.4, 0.5) is 5.69 Å². The smallest absolute Gasteiger partial charge is 0.326 e. The maximum Gasteiger partial charge on any atom is 0.326 e. The normalized spacial score (nSPS) is 11.2. The van der Waals surface area contributed by atoms with Gasteiger partial charge < -0.3 is 15.0 Å². The van der Waals surface area contributed by atoms with Gasteiger partial charge in [-0.15, -0.1) is 0 Å². The Morgan fingerprint density at radius 2 is 2.21 bits per heavy atom. The fourth-order valence-corrected chi connectivity index (χ4v) is 2.13. The molecule has 0 saturated heterocycles. The Hall–Kier alpha value is -2.04. The van der Waals surface area contributed by atoms with E-state index in [0.29, 0.717) is 12.3 Å². The van der Waals surface area contributed by atoms with Gasteiger partial charge in [-0.25, -0.2) is 4.98 Å². The van der Waals surface area contributed by atoms with Crippen molar-refractivity contribution in [3.8, 4) is 0 Å². The Labute approximate surface area is 112 Å². The third kappa shape index (κ3) is 2.54. The van der Waals surface area contributed by atoms with Gasteiger partial charge in [-0.2, -0.15) is 0 Å². The van der Waals surface area contributed by atoms with Crippen LogP contribution in [0.2, 0.25) is 0 Å². The van der Waals surface area contributed by atoms with Crippen molar-refractivity contribution < 1.29 is 9.53 Å². The summed E-state index contributed by atoms with van der Waals surface area (Å²) >= 11 is 0. The van der Waals surface area contributed by atoms with Crippen molar-refractivity contribution in [3.63, 3.8) is 0 Å². The molecule has 0 radical (unpaired) electrons. The van der Waals surface area contributed by atoms with Gasteiger partial charge in [0.25, 0.3) is 0 Å². The summed E-state index contributed by atoms with van der Waals surface area (Å²) in [5.74, 6) is 0.799. The molecule has 5 heteroatoms. The summed E-state index contributed by atoms with van der Waals surface area (Å²) in [5, 5.41) is 0. The average molecular weight is 261 g/mol. The largest absolute Gasteiger partial charge is 0.465 e. The van der Waals surface area contributed by atoms with Crippen molar-refractivity contribution in [1.29, 1.82) is 0 Å². The van der Waals surface area contributed by atoms with Gasteiger partial charge in [-0.05, 0) is 19.1 Å². The molecule has 0 spiro atoms. The zero-order valence-electron chi connectivity index (χ0n) is 11.5. The summed E-state index contributed by atoms with van der Waals surface area (Å²) in [6, 6.07) is 5.60. The van der Waals surface area contributed by atoms with Gasteiger partial charge in [-0.1, -0.05) is 19.9 Å². The number of nitrogen functional groups attached to an aromatic ring is 1. The second-order valence-electron chi connectivity index (χ2n) is 4.73. The highest BCUT2D eigenvalue weighted by Gasteiger charge is 2.17. The molecule has 0 unspecified atom stereocenters. The van der Waals surface area contributed by atoms with Crippen molar-refractivity contribution in [2.75, 3.05) is 12.3 Å². The van der Waals surface area contributed by atoms with E-state index in [2.05, 4.69) is 4.98 Å². The first-order valence-electron chi connectivity index (χ1n) is 6.44. The quantitative estimate of drug-likeness (QED) is 0.677. The molecule has 0 fully saturated rings. The van der Waals surface area contributed by atoms with Gasteiger partial charge in [0.05, 0.1) is 17.8 Å². The molecule has 0 bridgehead atoms. The number of esters is 1. The maximum atomic E-state index is 11.7. The highest BCUT2D eigenvalue weighted by Crippen LogP contribution is 2.25. The van der Waals surface area contributed by atoms with Gasteiger partial charge >= 0.3 is 5.97 Å². The van der Waals surface area contributed by atoms with E-state index in [1.165, 1.54) is 0 Å². The summed E-state index contributed by atoms with van der Waals surface area (Å²) in [5.41, 5.74) is 8.18. The monoisotopic (exact) mass is 261 g/mol. The molecule has 0 saturated carbocycles. The molecular weight excluding hydrogens is 242 g/mol. The van der Waals surface area contributed by atoms with Crippen LogP contribution in [0.5, 0.6) is 0 Å². The molecule has 19 heavy (non-hydrogen) atoms. The first-order valence-corrected chi connectivity index (χ1v) is 6.44. The van der Waals surface area contributed by atoms with E-state index < -0.39 is 0 Å².